The van der Waals surface area contributed by atoms with Crippen LogP contribution in [-0.4, -0.2) is 46.6 Å². The van der Waals surface area contributed by atoms with Crippen LogP contribution in [0, 0.1) is 0 Å². The molecule has 1 heterocycles. The molecule has 0 atom stereocenters. The van der Waals surface area contributed by atoms with Crippen molar-refractivity contribution in [3.05, 3.63) is 30.1 Å². The van der Waals surface area contributed by atoms with Crippen molar-refractivity contribution in [2.75, 3.05) is 37.0 Å². The highest BCUT2D eigenvalue weighted by Gasteiger charge is 2.10. The Morgan fingerprint density at radius 3 is 2.71 bits per heavy atom. The Morgan fingerprint density at radius 2 is 2.00 bits per heavy atom. The lowest BCUT2D eigenvalue weighted by molar-refractivity contribution is 0.0903. The first-order valence-corrected chi connectivity index (χ1v) is 10.8. The number of nitrogens with zero attached hydrogens (tertiary/aromatic N) is 2. The van der Waals surface area contributed by atoms with Crippen molar-refractivity contribution in [1.82, 2.24) is 9.55 Å². The van der Waals surface area contributed by atoms with Gasteiger partial charge in [0.05, 0.1) is 17.6 Å². The minimum absolute atomic E-state index is 0.499. The van der Waals surface area contributed by atoms with Gasteiger partial charge in [-0.05, 0) is 37.3 Å². The number of para-hydroxylation sites is 2. The fourth-order valence-corrected chi connectivity index (χ4v) is 2.90. The van der Waals surface area contributed by atoms with Gasteiger partial charge in [0.2, 0.25) is 0 Å². The minimum atomic E-state index is -0.499. The van der Waals surface area contributed by atoms with Crippen molar-refractivity contribution < 1.29 is 4.74 Å². The van der Waals surface area contributed by atoms with Gasteiger partial charge in [0.15, 0.2) is 0 Å². The molecule has 1 aromatic carbocycles. The summed E-state index contributed by atoms with van der Waals surface area (Å²) < 4.78 is 8.07. The van der Waals surface area contributed by atoms with Crippen molar-refractivity contribution in [2.24, 2.45) is 0 Å². The maximum absolute atomic E-state index is 5.89. The molecule has 1 aromatic heterocycles. The van der Waals surface area contributed by atoms with Crippen LogP contribution in [-0.2, 0) is 17.9 Å². The number of aryl methyl sites for hydroxylation is 1. The highest BCUT2D eigenvalue weighted by molar-refractivity contribution is 8.32. The zero-order chi connectivity index (χ0) is 15.3. The molecular formula is C16H25ClN2OS. The minimum Gasteiger partial charge on any atom is -0.360 e. The molecule has 0 aliphatic heterocycles. The molecule has 2 rings (SSSR count). The molecular weight excluding hydrogens is 304 g/mol. The fourth-order valence-electron chi connectivity index (χ4n) is 2.15. The quantitative estimate of drug-likeness (QED) is 0.543. The monoisotopic (exact) mass is 328 g/mol. The highest BCUT2D eigenvalue weighted by Crippen LogP contribution is 2.33. The van der Waals surface area contributed by atoms with Crippen molar-refractivity contribution >= 4 is 32.7 Å². The summed E-state index contributed by atoms with van der Waals surface area (Å²) >= 11 is 5.81. The molecule has 0 spiro atoms. The van der Waals surface area contributed by atoms with Crippen LogP contribution in [0.25, 0.3) is 11.0 Å². The number of imidazole rings is 1. The van der Waals surface area contributed by atoms with Crippen molar-refractivity contribution in [2.45, 2.75) is 19.6 Å². The molecule has 0 saturated carbocycles. The van der Waals surface area contributed by atoms with Crippen molar-refractivity contribution in [1.29, 1.82) is 0 Å². The molecule has 118 valence electrons. The number of hydrogen-bond donors (Lipinski definition) is 0. The molecule has 21 heavy (non-hydrogen) atoms. The summed E-state index contributed by atoms with van der Waals surface area (Å²) in [6, 6.07) is 8.22. The largest absolute Gasteiger partial charge is 0.360 e. The van der Waals surface area contributed by atoms with Gasteiger partial charge in [0.25, 0.3) is 0 Å². The van der Waals surface area contributed by atoms with E-state index < -0.39 is 10.0 Å². The van der Waals surface area contributed by atoms with Crippen LogP contribution in [0.1, 0.15) is 12.2 Å². The third-order valence-corrected chi connectivity index (χ3v) is 4.99. The molecule has 0 N–H and O–H groups in total. The van der Waals surface area contributed by atoms with E-state index in [4.69, 9.17) is 21.3 Å². The lowest BCUT2D eigenvalue weighted by Gasteiger charge is -2.24. The third kappa shape index (κ3) is 4.90. The normalized spacial score (nSPS) is 13.0. The first-order chi connectivity index (χ1) is 10.0. The second-order valence-electron chi connectivity index (χ2n) is 6.07. The first kappa shape index (κ1) is 16.7. The highest BCUT2D eigenvalue weighted by atomic mass is 35.5. The molecule has 2 aromatic rings. The van der Waals surface area contributed by atoms with E-state index in [1.165, 1.54) is 0 Å². The lowest BCUT2D eigenvalue weighted by atomic mass is 10.3. The molecule has 5 heteroatoms. The van der Waals surface area contributed by atoms with Crippen LogP contribution in [0.15, 0.2) is 24.3 Å². The van der Waals surface area contributed by atoms with E-state index in [1.807, 2.05) is 12.1 Å². The Balaban J connectivity index is 2.08. The van der Waals surface area contributed by atoms with Crippen LogP contribution in [0.2, 0.25) is 0 Å². The second kappa shape index (κ2) is 7.52. The van der Waals surface area contributed by atoms with E-state index in [-0.39, 0.29) is 0 Å². The van der Waals surface area contributed by atoms with Crippen molar-refractivity contribution in [3.63, 3.8) is 0 Å². The van der Waals surface area contributed by atoms with Gasteiger partial charge in [-0.15, -0.1) is 11.6 Å². The van der Waals surface area contributed by atoms with Gasteiger partial charge in [0, 0.05) is 18.1 Å². The molecule has 3 nitrogen and oxygen atoms in total. The Hall–Kier alpha value is -0.710. The van der Waals surface area contributed by atoms with Gasteiger partial charge in [-0.1, -0.05) is 12.1 Å². The van der Waals surface area contributed by atoms with Crippen molar-refractivity contribution in [3.8, 4) is 0 Å². The number of hydrogen-bond acceptors (Lipinski definition) is 2. The number of rotatable bonds is 8. The van der Waals surface area contributed by atoms with E-state index in [0.29, 0.717) is 12.6 Å². The SMILES string of the molecule is CS(C)(C)CCOCn1c(CCCCl)nc2ccccc21. The second-order valence-corrected chi connectivity index (χ2v) is 11.0. The van der Waals surface area contributed by atoms with Gasteiger partial charge >= 0.3 is 0 Å². The maximum Gasteiger partial charge on any atom is 0.124 e. The van der Waals surface area contributed by atoms with Gasteiger partial charge < -0.3 is 9.30 Å². The van der Waals surface area contributed by atoms with Gasteiger partial charge in [-0.3, -0.25) is 0 Å². The molecule has 0 fully saturated rings. The predicted octanol–water partition coefficient (Wildman–Crippen LogP) is 3.88. The number of halogens is 1. The zero-order valence-corrected chi connectivity index (χ0v) is 14.7. The van der Waals surface area contributed by atoms with Crippen LogP contribution < -0.4 is 0 Å². The van der Waals surface area contributed by atoms with Crippen LogP contribution in [0.4, 0.5) is 0 Å². The molecule has 0 aliphatic rings. The average molecular weight is 329 g/mol. The van der Waals surface area contributed by atoms with Gasteiger partial charge in [0.1, 0.15) is 12.6 Å². The predicted molar refractivity (Wildman–Crippen MR) is 95.0 cm³/mol. The van der Waals surface area contributed by atoms with Gasteiger partial charge in [-0.2, -0.15) is 0 Å². The molecule has 0 aliphatic carbocycles. The van der Waals surface area contributed by atoms with E-state index in [1.54, 1.807) is 0 Å². The Bertz CT molecular complexity index is 577. The van der Waals surface area contributed by atoms with Crippen LogP contribution >= 0.6 is 21.6 Å². The number of fused-ring (bicyclic) bond motifs is 1. The summed E-state index contributed by atoms with van der Waals surface area (Å²) in [5, 5.41) is 0. The maximum atomic E-state index is 5.89. The summed E-state index contributed by atoms with van der Waals surface area (Å²) in [7, 11) is -0.499. The zero-order valence-electron chi connectivity index (χ0n) is 13.1. The smallest absolute Gasteiger partial charge is 0.124 e. The summed E-state index contributed by atoms with van der Waals surface area (Å²) in [5.41, 5.74) is 2.18. The molecule has 0 saturated heterocycles. The Kier molecular flexibility index (Phi) is 5.97. The number of benzene rings is 1. The molecule has 0 amide bonds. The molecule has 0 radical (unpaired) electrons. The fraction of sp³-hybridized carbons (Fsp3) is 0.562. The molecule has 0 bridgehead atoms. The summed E-state index contributed by atoms with van der Waals surface area (Å²) in [5.74, 6) is 2.87. The Labute approximate surface area is 134 Å². The molecule has 0 unspecified atom stereocenters. The number of alkyl halides is 1. The number of aromatic nitrogens is 2. The first-order valence-electron chi connectivity index (χ1n) is 7.25. The van der Waals surface area contributed by atoms with E-state index in [9.17, 15) is 0 Å². The van der Waals surface area contributed by atoms with Crippen LogP contribution in [0.5, 0.6) is 0 Å². The van der Waals surface area contributed by atoms with E-state index >= 15 is 0 Å². The summed E-state index contributed by atoms with van der Waals surface area (Å²) in [6.45, 7) is 1.38. The average Bonchev–Trinajstić information content (AvgIpc) is 2.78. The summed E-state index contributed by atoms with van der Waals surface area (Å²) in [6.07, 6.45) is 8.78. The standard InChI is InChI=1S/C16H25ClN2OS/c1-21(2,3)12-11-20-13-19-15-8-5-4-7-14(15)18-16(19)9-6-10-17/h4-5,7-8H,6,9-13H2,1-3H3. The summed E-state index contributed by atoms with van der Waals surface area (Å²) in [4.78, 5) is 4.71. The topological polar surface area (TPSA) is 27.1 Å². The third-order valence-electron chi connectivity index (χ3n) is 3.33. The number of ether oxygens (including phenoxy) is 1. The Morgan fingerprint density at radius 1 is 1.24 bits per heavy atom. The van der Waals surface area contributed by atoms with Crippen LogP contribution in [0.3, 0.4) is 0 Å². The van der Waals surface area contributed by atoms with E-state index in [0.717, 1.165) is 42.1 Å². The van der Waals surface area contributed by atoms with Gasteiger partial charge in [-0.25, -0.2) is 15.0 Å². The van der Waals surface area contributed by atoms with E-state index in [2.05, 4.69) is 35.5 Å². The lowest BCUT2D eigenvalue weighted by Crippen LogP contribution is -2.12.